The van der Waals surface area contributed by atoms with Gasteiger partial charge in [-0.3, -0.25) is 4.68 Å². The van der Waals surface area contributed by atoms with Crippen LogP contribution in [0, 0.1) is 0 Å². The van der Waals surface area contributed by atoms with Crippen molar-refractivity contribution in [2.24, 2.45) is 7.05 Å². The van der Waals surface area contributed by atoms with Crippen molar-refractivity contribution in [2.45, 2.75) is 13.0 Å². The van der Waals surface area contributed by atoms with Gasteiger partial charge in [0.05, 0.1) is 23.5 Å². The van der Waals surface area contributed by atoms with Gasteiger partial charge < -0.3 is 9.84 Å². The van der Waals surface area contributed by atoms with Crippen molar-refractivity contribution < 1.29 is 9.84 Å². The van der Waals surface area contributed by atoms with Crippen molar-refractivity contribution >= 4 is 11.6 Å². The molecule has 1 heterocycles. The number of aryl methyl sites for hydroxylation is 1. The van der Waals surface area contributed by atoms with Crippen LogP contribution in [0.15, 0.2) is 30.6 Å². The van der Waals surface area contributed by atoms with Crippen LogP contribution in [-0.2, 0) is 7.05 Å². The van der Waals surface area contributed by atoms with Gasteiger partial charge >= 0.3 is 0 Å². The Balaban J connectivity index is 2.20. The largest absolute Gasteiger partial charge is 0.454 e. The summed E-state index contributed by atoms with van der Waals surface area (Å²) < 4.78 is 7.22. The number of rotatable bonds is 3. The molecular weight excluding hydrogens is 240 g/mol. The molecule has 0 spiro atoms. The zero-order valence-corrected chi connectivity index (χ0v) is 10.3. The minimum atomic E-state index is -0.588. The highest BCUT2D eigenvalue weighted by Crippen LogP contribution is 2.29. The summed E-state index contributed by atoms with van der Waals surface area (Å²) in [4.78, 5) is 0. The zero-order valence-electron chi connectivity index (χ0n) is 9.59. The Morgan fingerprint density at radius 3 is 2.71 bits per heavy atom. The average molecular weight is 253 g/mol. The summed E-state index contributed by atoms with van der Waals surface area (Å²) in [5.74, 6) is 1.26. The van der Waals surface area contributed by atoms with E-state index in [-0.39, 0.29) is 0 Å². The van der Waals surface area contributed by atoms with Gasteiger partial charge in [-0.15, -0.1) is 0 Å². The molecule has 0 aliphatic rings. The first-order chi connectivity index (χ1) is 8.06. The highest BCUT2D eigenvalue weighted by atomic mass is 35.5. The van der Waals surface area contributed by atoms with Crippen molar-refractivity contribution in [2.75, 3.05) is 0 Å². The average Bonchev–Trinajstić information content (AvgIpc) is 2.63. The van der Waals surface area contributed by atoms with Crippen LogP contribution in [-0.4, -0.2) is 14.9 Å². The van der Waals surface area contributed by atoms with Crippen LogP contribution in [0.4, 0.5) is 0 Å². The number of halogens is 1. The normalized spacial score (nSPS) is 12.5. The van der Waals surface area contributed by atoms with Gasteiger partial charge in [0.25, 0.3) is 0 Å². The Morgan fingerprint density at radius 2 is 2.18 bits per heavy atom. The second-order valence-electron chi connectivity index (χ2n) is 3.81. The molecule has 2 aromatic rings. The molecule has 5 heteroatoms. The summed E-state index contributed by atoms with van der Waals surface area (Å²) in [6, 6.07) is 5.19. The van der Waals surface area contributed by atoms with Crippen LogP contribution < -0.4 is 4.74 Å². The Bertz CT molecular complexity index is 523. The smallest absolute Gasteiger partial charge is 0.165 e. The minimum Gasteiger partial charge on any atom is -0.454 e. The SMILES string of the molecule is CC(O)c1ccc(Oc2cnn(C)c2)cc1Cl. The zero-order chi connectivity index (χ0) is 12.4. The molecule has 0 aliphatic heterocycles. The quantitative estimate of drug-likeness (QED) is 0.914. The number of nitrogens with zero attached hydrogens (tertiary/aromatic N) is 2. The molecule has 0 bridgehead atoms. The Kier molecular flexibility index (Phi) is 3.36. The number of hydrogen-bond donors (Lipinski definition) is 1. The molecule has 1 aromatic carbocycles. The van der Waals surface area contributed by atoms with Crippen LogP contribution in [0.5, 0.6) is 11.5 Å². The van der Waals surface area contributed by atoms with Crippen molar-refractivity contribution in [1.82, 2.24) is 9.78 Å². The molecule has 17 heavy (non-hydrogen) atoms. The van der Waals surface area contributed by atoms with E-state index in [0.717, 1.165) is 0 Å². The van der Waals surface area contributed by atoms with Gasteiger partial charge in [-0.05, 0) is 24.6 Å². The lowest BCUT2D eigenvalue weighted by molar-refractivity contribution is 0.199. The van der Waals surface area contributed by atoms with Crippen molar-refractivity contribution in [3.63, 3.8) is 0 Å². The molecule has 1 N–H and O–H groups in total. The summed E-state index contributed by atoms with van der Waals surface area (Å²) in [7, 11) is 1.82. The molecule has 0 saturated carbocycles. The lowest BCUT2D eigenvalue weighted by Crippen LogP contribution is -1.92. The molecule has 0 amide bonds. The third kappa shape index (κ3) is 2.78. The number of hydrogen-bond acceptors (Lipinski definition) is 3. The molecule has 1 unspecified atom stereocenters. The van der Waals surface area contributed by atoms with Crippen LogP contribution in [0.3, 0.4) is 0 Å². The fourth-order valence-corrected chi connectivity index (χ4v) is 1.83. The molecular formula is C12H13ClN2O2. The molecule has 1 atom stereocenters. The topological polar surface area (TPSA) is 47.3 Å². The first kappa shape index (κ1) is 12.0. The summed E-state index contributed by atoms with van der Waals surface area (Å²) in [6.07, 6.45) is 2.79. The minimum absolute atomic E-state index is 0.487. The van der Waals surface area contributed by atoms with E-state index in [1.165, 1.54) is 0 Å². The first-order valence-corrected chi connectivity index (χ1v) is 5.58. The Morgan fingerprint density at radius 1 is 1.41 bits per heavy atom. The van der Waals surface area contributed by atoms with Crippen LogP contribution >= 0.6 is 11.6 Å². The Hall–Kier alpha value is -1.52. The van der Waals surface area contributed by atoms with Gasteiger partial charge in [-0.2, -0.15) is 5.10 Å². The predicted molar refractivity (Wildman–Crippen MR) is 65.4 cm³/mol. The van der Waals surface area contributed by atoms with Gasteiger partial charge in [0, 0.05) is 7.05 Å². The molecule has 1 aromatic heterocycles. The number of aliphatic hydroxyl groups excluding tert-OH is 1. The fourth-order valence-electron chi connectivity index (χ4n) is 1.50. The third-order valence-electron chi connectivity index (χ3n) is 2.34. The maximum atomic E-state index is 9.45. The summed E-state index contributed by atoms with van der Waals surface area (Å²) in [5.41, 5.74) is 0.685. The molecule has 90 valence electrons. The van der Waals surface area contributed by atoms with E-state index in [0.29, 0.717) is 22.1 Å². The molecule has 2 rings (SSSR count). The van der Waals surface area contributed by atoms with Crippen LogP contribution in [0.1, 0.15) is 18.6 Å². The number of aromatic nitrogens is 2. The highest BCUT2D eigenvalue weighted by Gasteiger charge is 2.08. The molecule has 0 aliphatic carbocycles. The molecule has 0 fully saturated rings. The predicted octanol–water partition coefficient (Wildman–Crippen LogP) is 2.92. The fraction of sp³-hybridized carbons (Fsp3) is 0.250. The van der Waals surface area contributed by atoms with Crippen LogP contribution in [0.2, 0.25) is 5.02 Å². The van der Waals surface area contributed by atoms with E-state index in [1.807, 2.05) is 7.05 Å². The van der Waals surface area contributed by atoms with Crippen molar-refractivity contribution in [3.05, 3.63) is 41.2 Å². The number of benzene rings is 1. The van der Waals surface area contributed by atoms with Crippen molar-refractivity contribution in [3.8, 4) is 11.5 Å². The van der Waals surface area contributed by atoms with Gasteiger partial charge in [-0.1, -0.05) is 17.7 Å². The molecule has 0 saturated heterocycles. The number of aliphatic hydroxyl groups is 1. The number of ether oxygens (including phenoxy) is 1. The van der Waals surface area contributed by atoms with Gasteiger partial charge in [0.2, 0.25) is 0 Å². The summed E-state index contributed by atoms with van der Waals surface area (Å²) in [5, 5.41) is 13.9. The van der Waals surface area contributed by atoms with E-state index in [1.54, 1.807) is 42.2 Å². The maximum absolute atomic E-state index is 9.45. The Labute approximate surface area is 104 Å². The van der Waals surface area contributed by atoms with Crippen LogP contribution in [0.25, 0.3) is 0 Å². The second kappa shape index (κ2) is 4.77. The van der Waals surface area contributed by atoms with E-state index >= 15 is 0 Å². The molecule has 0 radical (unpaired) electrons. The van der Waals surface area contributed by atoms with Gasteiger partial charge in [0.15, 0.2) is 5.75 Å². The van der Waals surface area contributed by atoms with Gasteiger partial charge in [0.1, 0.15) is 5.75 Å². The molecule has 4 nitrogen and oxygen atoms in total. The monoisotopic (exact) mass is 252 g/mol. The second-order valence-corrected chi connectivity index (χ2v) is 4.22. The van der Waals surface area contributed by atoms with E-state index in [4.69, 9.17) is 16.3 Å². The lowest BCUT2D eigenvalue weighted by atomic mass is 10.1. The van der Waals surface area contributed by atoms with E-state index in [2.05, 4.69) is 5.10 Å². The summed E-state index contributed by atoms with van der Waals surface area (Å²) >= 11 is 6.03. The van der Waals surface area contributed by atoms with Gasteiger partial charge in [-0.25, -0.2) is 0 Å². The first-order valence-electron chi connectivity index (χ1n) is 5.20. The van der Waals surface area contributed by atoms with E-state index in [9.17, 15) is 5.11 Å². The van der Waals surface area contributed by atoms with Crippen molar-refractivity contribution in [1.29, 1.82) is 0 Å². The third-order valence-corrected chi connectivity index (χ3v) is 2.67. The standard InChI is InChI=1S/C12H13ClN2O2/c1-8(16)11-4-3-9(5-12(11)13)17-10-6-14-15(2)7-10/h3-8,16H,1-2H3. The highest BCUT2D eigenvalue weighted by molar-refractivity contribution is 6.31. The maximum Gasteiger partial charge on any atom is 0.165 e. The van der Waals surface area contributed by atoms with E-state index < -0.39 is 6.10 Å². The summed E-state index contributed by atoms with van der Waals surface area (Å²) in [6.45, 7) is 1.67. The lowest BCUT2D eigenvalue weighted by Gasteiger charge is -2.09.